The molecule has 2 aromatic carbocycles. The smallest absolute Gasteiger partial charge is 0.344 e. The Balaban J connectivity index is 2.00. The van der Waals surface area contributed by atoms with E-state index in [0.29, 0.717) is 11.3 Å². The molecule has 0 aliphatic heterocycles. The zero-order chi connectivity index (χ0) is 14.9. The summed E-state index contributed by atoms with van der Waals surface area (Å²) in [5.74, 6) is 0.685. The summed E-state index contributed by atoms with van der Waals surface area (Å²) in [5.41, 5.74) is 4.29. The van der Waals surface area contributed by atoms with Gasteiger partial charge in [0.15, 0.2) is 0 Å². The molecule has 3 aromatic rings. The van der Waals surface area contributed by atoms with E-state index >= 15 is 0 Å². The first-order valence-electron chi connectivity index (χ1n) is 7.32. The van der Waals surface area contributed by atoms with Crippen molar-refractivity contribution in [2.75, 3.05) is 0 Å². The van der Waals surface area contributed by atoms with Crippen LogP contribution >= 0.6 is 0 Å². The summed E-state index contributed by atoms with van der Waals surface area (Å²) in [6, 6.07) is 19.5. The summed E-state index contributed by atoms with van der Waals surface area (Å²) in [6.07, 6.45) is 4.91. The molecule has 0 N–H and O–H groups in total. The fraction of sp³-hybridized carbons (Fsp3) is 0.0500. The molecule has 0 radical (unpaired) electrons. The first-order chi connectivity index (χ1) is 10.8. The van der Waals surface area contributed by atoms with Crippen molar-refractivity contribution in [3.05, 3.63) is 88.3 Å². The standard InChI is InChI=1S/C20H14O2/c21-20-18(14-8-3-1-4-9-14)16-12-7-13-17(16)19(22-20)15-10-5-2-6-11-15/h1-12H,13H2. The second kappa shape index (κ2) is 5.15. The van der Waals surface area contributed by atoms with Crippen molar-refractivity contribution in [1.29, 1.82) is 0 Å². The third-order valence-electron chi connectivity index (χ3n) is 3.97. The highest BCUT2D eigenvalue weighted by atomic mass is 16.4. The van der Waals surface area contributed by atoms with Crippen molar-refractivity contribution in [3.63, 3.8) is 0 Å². The van der Waals surface area contributed by atoms with E-state index in [4.69, 9.17) is 4.42 Å². The topological polar surface area (TPSA) is 30.2 Å². The van der Waals surface area contributed by atoms with Crippen molar-refractivity contribution in [2.24, 2.45) is 0 Å². The molecule has 0 spiro atoms. The molecule has 106 valence electrons. The van der Waals surface area contributed by atoms with Crippen LogP contribution < -0.4 is 5.63 Å². The molecule has 22 heavy (non-hydrogen) atoms. The monoisotopic (exact) mass is 286 g/mol. The molecule has 0 amide bonds. The van der Waals surface area contributed by atoms with E-state index in [1.165, 1.54) is 0 Å². The average Bonchev–Trinajstić information content (AvgIpc) is 3.05. The van der Waals surface area contributed by atoms with E-state index in [0.717, 1.165) is 28.7 Å². The minimum Gasteiger partial charge on any atom is -0.422 e. The average molecular weight is 286 g/mol. The molecule has 0 bridgehead atoms. The van der Waals surface area contributed by atoms with Gasteiger partial charge in [0.05, 0.1) is 5.56 Å². The Morgan fingerprint density at radius 2 is 1.45 bits per heavy atom. The fourth-order valence-electron chi connectivity index (χ4n) is 2.97. The Labute approximate surface area is 128 Å². The Hall–Kier alpha value is -2.87. The molecule has 0 saturated carbocycles. The predicted molar refractivity (Wildman–Crippen MR) is 88.6 cm³/mol. The van der Waals surface area contributed by atoms with Crippen molar-refractivity contribution < 1.29 is 4.42 Å². The van der Waals surface area contributed by atoms with E-state index in [2.05, 4.69) is 6.08 Å². The maximum Gasteiger partial charge on any atom is 0.344 e. The van der Waals surface area contributed by atoms with Gasteiger partial charge in [0, 0.05) is 11.1 Å². The molecule has 1 heterocycles. The van der Waals surface area contributed by atoms with Gasteiger partial charge >= 0.3 is 5.63 Å². The Morgan fingerprint density at radius 1 is 0.818 bits per heavy atom. The highest BCUT2D eigenvalue weighted by Gasteiger charge is 2.22. The molecule has 0 atom stereocenters. The molecule has 2 nitrogen and oxygen atoms in total. The van der Waals surface area contributed by atoms with Gasteiger partial charge in [-0.3, -0.25) is 0 Å². The van der Waals surface area contributed by atoms with Crippen LogP contribution in [-0.2, 0) is 6.42 Å². The normalized spacial score (nSPS) is 12.4. The first kappa shape index (κ1) is 12.8. The summed E-state index contributed by atoms with van der Waals surface area (Å²) in [5, 5.41) is 0. The van der Waals surface area contributed by atoms with Crippen LogP contribution in [0.4, 0.5) is 0 Å². The van der Waals surface area contributed by atoms with Gasteiger partial charge in [-0.15, -0.1) is 0 Å². The first-order valence-corrected chi connectivity index (χ1v) is 7.32. The molecule has 1 aliphatic rings. The number of fused-ring (bicyclic) bond motifs is 1. The summed E-state index contributed by atoms with van der Waals surface area (Å²) < 4.78 is 5.70. The Bertz CT molecular complexity index is 904. The highest BCUT2D eigenvalue weighted by molar-refractivity contribution is 5.82. The lowest BCUT2D eigenvalue weighted by molar-refractivity contribution is 0.523. The van der Waals surface area contributed by atoms with Gasteiger partial charge in [0.25, 0.3) is 0 Å². The molecule has 0 saturated heterocycles. The van der Waals surface area contributed by atoms with Gasteiger partial charge in [0.1, 0.15) is 5.76 Å². The quantitative estimate of drug-likeness (QED) is 0.692. The van der Waals surface area contributed by atoms with Crippen LogP contribution in [0, 0.1) is 0 Å². The van der Waals surface area contributed by atoms with Crippen LogP contribution in [0.1, 0.15) is 11.1 Å². The lowest BCUT2D eigenvalue weighted by atomic mass is 9.97. The van der Waals surface area contributed by atoms with Crippen LogP contribution in [0.5, 0.6) is 0 Å². The number of benzene rings is 2. The van der Waals surface area contributed by atoms with Crippen LogP contribution in [0.15, 0.2) is 76.0 Å². The van der Waals surface area contributed by atoms with Crippen LogP contribution in [0.2, 0.25) is 0 Å². The summed E-state index contributed by atoms with van der Waals surface area (Å²) in [7, 11) is 0. The van der Waals surface area contributed by atoms with E-state index < -0.39 is 0 Å². The van der Waals surface area contributed by atoms with E-state index in [1.54, 1.807) is 0 Å². The maximum atomic E-state index is 12.6. The van der Waals surface area contributed by atoms with Crippen molar-refractivity contribution >= 4 is 6.08 Å². The largest absolute Gasteiger partial charge is 0.422 e. The minimum absolute atomic E-state index is 0.282. The molecule has 1 aromatic heterocycles. The SMILES string of the molecule is O=c1oc(-c2ccccc2)c2c(c1-c1ccccc1)C=CC2. The molecule has 4 rings (SSSR count). The van der Waals surface area contributed by atoms with E-state index in [-0.39, 0.29) is 5.63 Å². The zero-order valence-corrected chi connectivity index (χ0v) is 12.0. The van der Waals surface area contributed by atoms with Gasteiger partial charge in [-0.1, -0.05) is 72.8 Å². The number of hydrogen-bond acceptors (Lipinski definition) is 2. The van der Waals surface area contributed by atoms with Crippen molar-refractivity contribution in [3.8, 4) is 22.5 Å². The summed E-state index contributed by atoms with van der Waals surface area (Å²) >= 11 is 0. The van der Waals surface area contributed by atoms with E-state index in [9.17, 15) is 4.79 Å². The molecule has 0 fully saturated rings. The molecular formula is C20H14O2. The second-order valence-corrected chi connectivity index (χ2v) is 5.32. The zero-order valence-electron chi connectivity index (χ0n) is 12.0. The maximum absolute atomic E-state index is 12.6. The third-order valence-corrected chi connectivity index (χ3v) is 3.97. The van der Waals surface area contributed by atoms with E-state index in [1.807, 2.05) is 66.7 Å². The molecule has 1 aliphatic carbocycles. The van der Waals surface area contributed by atoms with Crippen molar-refractivity contribution in [2.45, 2.75) is 6.42 Å². The number of allylic oxidation sites excluding steroid dienone is 1. The molecule has 2 heteroatoms. The number of hydrogen-bond donors (Lipinski definition) is 0. The lowest BCUT2D eigenvalue weighted by Gasteiger charge is -2.11. The van der Waals surface area contributed by atoms with Gasteiger partial charge in [-0.2, -0.15) is 0 Å². The van der Waals surface area contributed by atoms with Crippen molar-refractivity contribution in [1.82, 2.24) is 0 Å². The highest BCUT2D eigenvalue weighted by Crippen LogP contribution is 2.35. The summed E-state index contributed by atoms with van der Waals surface area (Å²) in [4.78, 5) is 12.6. The Morgan fingerprint density at radius 3 is 2.14 bits per heavy atom. The summed E-state index contributed by atoms with van der Waals surface area (Å²) in [6.45, 7) is 0. The third kappa shape index (κ3) is 2.01. The minimum atomic E-state index is -0.282. The van der Waals surface area contributed by atoms with Crippen LogP contribution in [0.3, 0.4) is 0 Å². The molecule has 0 unspecified atom stereocenters. The van der Waals surface area contributed by atoms with Gasteiger partial charge < -0.3 is 4.42 Å². The molecular weight excluding hydrogens is 272 g/mol. The van der Waals surface area contributed by atoms with Crippen LogP contribution in [0.25, 0.3) is 28.5 Å². The number of rotatable bonds is 2. The van der Waals surface area contributed by atoms with Gasteiger partial charge in [0.2, 0.25) is 0 Å². The van der Waals surface area contributed by atoms with Crippen LogP contribution in [-0.4, -0.2) is 0 Å². The fourth-order valence-corrected chi connectivity index (χ4v) is 2.97. The van der Waals surface area contributed by atoms with Gasteiger partial charge in [-0.25, -0.2) is 4.79 Å². The predicted octanol–water partition coefficient (Wildman–Crippen LogP) is 4.54. The lowest BCUT2D eigenvalue weighted by Crippen LogP contribution is -2.08. The second-order valence-electron chi connectivity index (χ2n) is 5.32. The van der Waals surface area contributed by atoms with Gasteiger partial charge in [-0.05, 0) is 17.5 Å². The Kier molecular flexibility index (Phi) is 3.01.